The number of aromatic hydroxyl groups is 1. The Bertz CT molecular complexity index is 1540. The first-order valence-corrected chi connectivity index (χ1v) is 14.7. The van der Waals surface area contributed by atoms with Crippen LogP contribution >= 0.6 is 15.9 Å². The zero-order valence-electron chi connectivity index (χ0n) is 25.2. The highest BCUT2D eigenvalue weighted by Gasteiger charge is 2.64. The van der Waals surface area contributed by atoms with Crippen LogP contribution < -0.4 is 9.64 Å². The molecule has 0 saturated heterocycles. The molecule has 6 nitrogen and oxygen atoms in total. The second-order valence-corrected chi connectivity index (χ2v) is 15.0. The predicted octanol–water partition coefficient (Wildman–Crippen LogP) is 8.45. The fraction of sp³-hybridized carbons (Fsp3) is 0.412. The number of halogens is 1. The van der Waals surface area contributed by atoms with Crippen LogP contribution in [0.3, 0.4) is 0 Å². The average Bonchev–Trinajstić information content (AvgIpc) is 3.29. The Morgan fingerprint density at radius 3 is 2.07 bits per heavy atom. The van der Waals surface area contributed by atoms with Crippen molar-refractivity contribution in [2.45, 2.75) is 90.3 Å². The fourth-order valence-corrected chi connectivity index (χ4v) is 6.26. The van der Waals surface area contributed by atoms with Gasteiger partial charge in [0.2, 0.25) is 5.60 Å². The zero-order valence-corrected chi connectivity index (χ0v) is 26.8. The molecule has 7 heteroatoms. The SMILES string of the molecule is CC(C)(C)OC(=O)N1C(=O)[C@]2(Oc3ccccc3[C@H]2c2cc(C(C)(C)C)c(O)c(C(C)(C)C)c2)c2cc(Br)ccc21. The number of hydrogen-bond acceptors (Lipinski definition) is 5. The van der Waals surface area contributed by atoms with E-state index in [1.54, 1.807) is 32.9 Å². The predicted molar refractivity (Wildman–Crippen MR) is 164 cm³/mol. The molecule has 1 N–H and O–H groups in total. The molecule has 0 bridgehead atoms. The maximum Gasteiger partial charge on any atom is 0.421 e. The van der Waals surface area contributed by atoms with Gasteiger partial charge in [-0.1, -0.05) is 87.8 Å². The van der Waals surface area contributed by atoms with Gasteiger partial charge in [-0.05, 0) is 72.6 Å². The van der Waals surface area contributed by atoms with Crippen LogP contribution in [0.4, 0.5) is 10.5 Å². The van der Waals surface area contributed by atoms with E-state index in [4.69, 9.17) is 9.47 Å². The highest BCUT2D eigenvalue weighted by Crippen LogP contribution is 2.60. The molecule has 0 aliphatic carbocycles. The van der Waals surface area contributed by atoms with E-state index in [9.17, 15) is 14.7 Å². The molecule has 2 aliphatic rings. The molecule has 5 rings (SSSR count). The van der Waals surface area contributed by atoms with E-state index < -0.39 is 29.1 Å². The Kier molecular flexibility index (Phi) is 6.65. The molecule has 2 heterocycles. The van der Waals surface area contributed by atoms with Gasteiger partial charge >= 0.3 is 6.09 Å². The van der Waals surface area contributed by atoms with E-state index in [0.717, 1.165) is 31.6 Å². The maximum absolute atomic E-state index is 14.7. The number of amides is 2. The van der Waals surface area contributed by atoms with Gasteiger partial charge in [0, 0.05) is 15.6 Å². The topological polar surface area (TPSA) is 76.1 Å². The Morgan fingerprint density at radius 2 is 1.51 bits per heavy atom. The van der Waals surface area contributed by atoms with Crippen molar-refractivity contribution in [2.75, 3.05) is 4.90 Å². The molecule has 2 aliphatic heterocycles. The number of ether oxygens (including phenoxy) is 2. The molecule has 2 atom stereocenters. The molecule has 2 amide bonds. The number of nitrogens with zero attached hydrogens (tertiary/aromatic N) is 1. The van der Waals surface area contributed by atoms with Crippen LogP contribution in [0.2, 0.25) is 0 Å². The van der Waals surface area contributed by atoms with Crippen LogP contribution in [-0.4, -0.2) is 22.7 Å². The standard InChI is InChI=1S/C34H38BrNO5/c1-31(2,3)23-16-19(17-24(28(23)37)32(4,5)6)27-21-12-10-11-13-26(21)40-34(27)22-18-20(35)14-15-25(22)36(29(34)38)30(39)41-33(7,8)9/h10-18,27,37H,1-9H3/t27-,34+/m1/s1. The summed E-state index contributed by atoms with van der Waals surface area (Å²) in [6.45, 7) is 17.7. The molecule has 216 valence electrons. The van der Waals surface area contributed by atoms with E-state index in [2.05, 4.69) is 57.5 Å². The summed E-state index contributed by atoms with van der Waals surface area (Å²) in [6, 6.07) is 17.0. The van der Waals surface area contributed by atoms with Crippen LogP contribution in [0.25, 0.3) is 0 Å². The third kappa shape index (κ3) is 4.72. The van der Waals surface area contributed by atoms with Crippen molar-refractivity contribution >= 4 is 33.6 Å². The fourth-order valence-electron chi connectivity index (χ4n) is 5.90. The first kappa shape index (κ1) is 29.2. The van der Waals surface area contributed by atoms with Gasteiger partial charge in [0.1, 0.15) is 17.1 Å². The number of anilines is 1. The van der Waals surface area contributed by atoms with Crippen molar-refractivity contribution in [1.29, 1.82) is 0 Å². The molecule has 0 unspecified atom stereocenters. The van der Waals surface area contributed by atoms with Crippen molar-refractivity contribution in [3.05, 3.63) is 86.9 Å². The molecule has 3 aromatic carbocycles. The number of fused-ring (bicyclic) bond motifs is 3. The van der Waals surface area contributed by atoms with E-state index in [1.165, 1.54) is 0 Å². The maximum atomic E-state index is 14.7. The van der Waals surface area contributed by atoms with Gasteiger partial charge in [0.05, 0.1) is 11.6 Å². The zero-order chi connectivity index (χ0) is 30.3. The van der Waals surface area contributed by atoms with Crippen molar-refractivity contribution in [3.8, 4) is 11.5 Å². The smallest absolute Gasteiger partial charge is 0.421 e. The average molecular weight is 621 g/mol. The third-order valence-corrected chi connectivity index (χ3v) is 8.18. The van der Waals surface area contributed by atoms with Crippen LogP contribution in [-0.2, 0) is 26.0 Å². The summed E-state index contributed by atoms with van der Waals surface area (Å²) in [4.78, 5) is 29.4. The highest BCUT2D eigenvalue weighted by atomic mass is 79.9. The lowest BCUT2D eigenvalue weighted by molar-refractivity contribution is -0.132. The molecular weight excluding hydrogens is 582 g/mol. The van der Waals surface area contributed by atoms with Crippen LogP contribution in [0.1, 0.15) is 96.0 Å². The number of carbonyl (C=O) groups excluding carboxylic acids is 2. The van der Waals surface area contributed by atoms with Gasteiger partial charge in [-0.25, -0.2) is 9.69 Å². The lowest BCUT2D eigenvalue weighted by Crippen LogP contribution is -2.49. The van der Waals surface area contributed by atoms with Gasteiger partial charge in [-0.2, -0.15) is 0 Å². The van der Waals surface area contributed by atoms with Gasteiger partial charge in [0.15, 0.2) is 0 Å². The van der Waals surface area contributed by atoms with Crippen molar-refractivity contribution in [1.82, 2.24) is 0 Å². The lowest BCUT2D eigenvalue weighted by atomic mass is 9.71. The number of imide groups is 1. The minimum absolute atomic E-state index is 0.256. The van der Waals surface area contributed by atoms with Crippen LogP contribution in [0.5, 0.6) is 11.5 Å². The van der Waals surface area contributed by atoms with E-state index >= 15 is 0 Å². The Morgan fingerprint density at radius 1 is 0.927 bits per heavy atom. The number of phenols is 1. The number of phenolic OH excluding ortho intramolecular Hbond substituents is 1. The molecule has 41 heavy (non-hydrogen) atoms. The third-order valence-electron chi connectivity index (χ3n) is 7.69. The minimum atomic E-state index is -1.57. The molecule has 0 radical (unpaired) electrons. The second-order valence-electron chi connectivity index (χ2n) is 14.1. The van der Waals surface area contributed by atoms with Crippen LogP contribution in [0.15, 0.2) is 59.1 Å². The number of benzene rings is 3. The molecule has 0 saturated carbocycles. The molecular formula is C34H38BrNO5. The molecule has 0 fully saturated rings. The molecule has 1 spiro atoms. The normalized spacial score (nSPS) is 20.2. The van der Waals surface area contributed by atoms with E-state index in [-0.39, 0.29) is 16.6 Å². The highest BCUT2D eigenvalue weighted by molar-refractivity contribution is 9.10. The van der Waals surface area contributed by atoms with Crippen molar-refractivity contribution < 1.29 is 24.2 Å². The summed E-state index contributed by atoms with van der Waals surface area (Å²) >= 11 is 3.58. The molecule has 0 aromatic heterocycles. The summed E-state index contributed by atoms with van der Waals surface area (Å²) < 4.78 is 13.2. The van der Waals surface area contributed by atoms with E-state index in [1.807, 2.05) is 42.5 Å². The van der Waals surface area contributed by atoms with E-state index in [0.29, 0.717) is 17.0 Å². The first-order chi connectivity index (χ1) is 18.9. The Balaban J connectivity index is 1.84. The second kappa shape index (κ2) is 9.35. The monoisotopic (exact) mass is 619 g/mol. The Hall–Kier alpha value is -3.32. The number of rotatable bonds is 1. The number of para-hydroxylation sites is 1. The van der Waals surface area contributed by atoms with Gasteiger partial charge < -0.3 is 14.6 Å². The number of carbonyl (C=O) groups is 2. The van der Waals surface area contributed by atoms with Gasteiger partial charge in [0.25, 0.3) is 5.91 Å². The number of hydrogen-bond donors (Lipinski definition) is 1. The lowest BCUT2D eigenvalue weighted by Gasteiger charge is -2.33. The van der Waals surface area contributed by atoms with Gasteiger partial charge in [-0.15, -0.1) is 0 Å². The summed E-state index contributed by atoms with van der Waals surface area (Å²) in [5, 5.41) is 11.5. The Labute approximate surface area is 250 Å². The summed E-state index contributed by atoms with van der Waals surface area (Å²) in [5.74, 6) is -0.282. The largest absolute Gasteiger partial charge is 0.507 e. The quantitative estimate of drug-likeness (QED) is 0.296. The molecule has 3 aromatic rings. The summed E-state index contributed by atoms with van der Waals surface area (Å²) in [7, 11) is 0. The summed E-state index contributed by atoms with van der Waals surface area (Å²) in [6.07, 6.45) is -0.752. The summed E-state index contributed by atoms with van der Waals surface area (Å²) in [5.41, 5.74) is 1.10. The minimum Gasteiger partial charge on any atom is -0.507 e. The van der Waals surface area contributed by atoms with Crippen molar-refractivity contribution in [2.24, 2.45) is 0 Å². The first-order valence-electron chi connectivity index (χ1n) is 13.9. The van der Waals surface area contributed by atoms with Crippen molar-refractivity contribution in [3.63, 3.8) is 0 Å². The van der Waals surface area contributed by atoms with Crippen LogP contribution in [0, 0.1) is 0 Å². The van der Waals surface area contributed by atoms with Gasteiger partial charge in [-0.3, -0.25) is 4.79 Å².